The van der Waals surface area contributed by atoms with Crippen LogP contribution in [0.3, 0.4) is 0 Å². The Hall–Kier alpha value is -2.27. The zero-order valence-electron chi connectivity index (χ0n) is 14.4. The van der Waals surface area contributed by atoms with Crippen molar-refractivity contribution in [3.63, 3.8) is 0 Å². The molecule has 0 bridgehead atoms. The maximum atomic E-state index is 13.2. The molecule has 0 fully saturated rings. The fraction of sp³-hybridized carbons (Fsp3) is 0.0455. The number of hydrogen-bond donors (Lipinski definition) is 0. The van der Waals surface area contributed by atoms with Crippen molar-refractivity contribution in [3.8, 4) is 17.1 Å². The van der Waals surface area contributed by atoms with E-state index in [-0.39, 0.29) is 17.8 Å². The lowest BCUT2D eigenvalue weighted by molar-refractivity contribution is 0.298. The van der Waals surface area contributed by atoms with Crippen molar-refractivity contribution >= 4 is 50.1 Å². The summed E-state index contributed by atoms with van der Waals surface area (Å²) in [6, 6.07) is 19.7. The smallest absolute Gasteiger partial charge is 0.235 e. The molecule has 3 nitrogen and oxygen atoms in total. The van der Waals surface area contributed by atoms with Gasteiger partial charge in [-0.3, -0.25) is 4.79 Å². The molecule has 0 aliphatic heterocycles. The highest BCUT2D eigenvalue weighted by atomic mass is 79.9. The summed E-state index contributed by atoms with van der Waals surface area (Å²) in [5.74, 6) is 0.397. The molecule has 0 aliphatic carbocycles. The van der Waals surface area contributed by atoms with Crippen molar-refractivity contribution in [3.05, 3.63) is 97.0 Å². The molecule has 0 N–H and O–H groups in total. The average molecular weight is 476 g/mol. The van der Waals surface area contributed by atoms with Crippen LogP contribution in [0.2, 0.25) is 10.0 Å². The molecular weight excluding hydrogens is 463 g/mol. The molecule has 4 aromatic rings. The third-order valence-corrected chi connectivity index (χ3v) is 5.32. The summed E-state index contributed by atoms with van der Waals surface area (Å²) in [5.41, 5.74) is 1.62. The first-order valence-electron chi connectivity index (χ1n) is 8.41. The molecule has 0 atom stereocenters. The Labute approximate surface area is 179 Å². The van der Waals surface area contributed by atoms with Crippen LogP contribution in [0.15, 0.2) is 80.4 Å². The minimum atomic E-state index is -0.296. The Balaban J connectivity index is 1.87. The van der Waals surface area contributed by atoms with Gasteiger partial charge in [0.05, 0.1) is 10.4 Å². The number of benzene rings is 3. The number of ether oxygens (including phenoxy) is 1. The summed E-state index contributed by atoms with van der Waals surface area (Å²) in [6.45, 7) is 0.210. The van der Waals surface area contributed by atoms with Gasteiger partial charge in [0.15, 0.2) is 5.76 Å². The standard InChI is InChI=1S/C22H13BrCl2O3/c23-14-7-5-13(6-8-14)12-27-22-20(26)17-11-15(24)9-10-19(17)28-21(22)16-3-1-2-4-18(16)25/h1-11H,12H2. The zero-order valence-corrected chi connectivity index (χ0v) is 17.5. The molecule has 140 valence electrons. The van der Waals surface area contributed by atoms with Gasteiger partial charge in [0.25, 0.3) is 0 Å². The van der Waals surface area contributed by atoms with Crippen molar-refractivity contribution in [2.75, 3.05) is 0 Å². The van der Waals surface area contributed by atoms with Crippen molar-refractivity contribution in [1.82, 2.24) is 0 Å². The predicted octanol–water partition coefficient (Wildman–Crippen LogP) is 7.11. The van der Waals surface area contributed by atoms with Gasteiger partial charge in [-0.05, 0) is 48.0 Å². The third-order valence-electron chi connectivity index (χ3n) is 4.23. The molecule has 6 heteroatoms. The normalized spacial score (nSPS) is 11.0. The molecule has 0 radical (unpaired) electrons. The monoisotopic (exact) mass is 474 g/mol. The van der Waals surface area contributed by atoms with E-state index in [1.54, 1.807) is 30.3 Å². The van der Waals surface area contributed by atoms with E-state index in [4.69, 9.17) is 32.4 Å². The Morgan fingerprint density at radius 3 is 2.46 bits per heavy atom. The van der Waals surface area contributed by atoms with Crippen LogP contribution < -0.4 is 10.2 Å². The van der Waals surface area contributed by atoms with E-state index in [0.29, 0.717) is 32.3 Å². The SMILES string of the molecule is O=c1c(OCc2ccc(Br)cc2)c(-c2ccccc2Cl)oc2ccc(Cl)cc12. The van der Waals surface area contributed by atoms with Gasteiger partial charge in [-0.15, -0.1) is 0 Å². The Kier molecular flexibility index (Phi) is 5.44. The lowest BCUT2D eigenvalue weighted by Crippen LogP contribution is -2.10. The molecule has 4 rings (SSSR count). The van der Waals surface area contributed by atoms with Crippen molar-refractivity contribution < 1.29 is 9.15 Å². The molecule has 0 spiro atoms. The second kappa shape index (κ2) is 8.00. The van der Waals surface area contributed by atoms with E-state index < -0.39 is 0 Å². The van der Waals surface area contributed by atoms with Gasteiger partial charge < -0.3 is 9.15 Å². The van der Waals surface area contributed by atoms with E-state index in [2.05, 4.69) is 15.9 Å². The third kappa shape index (κ3) is 3.81. The molecule has 0 saturated heterocycles. The Bertz CT molecular complexity index is 1220. The molecule has 0 unspecified atom stereocenters. The average Bonchev–Trinajstić information content (AvgIpc) is 2.69. The number of rotatable bonds is 4. The minimum absolute atomic E-state index is 0.103. The Morgan fingerprint density at radius 2 is 1.71 bits per heavy atom. The topological polar surface area (TPSA) is 39.4 Å². The van der Waals surface area contributed by atoms with Crippen LogP contribution in [0.4, 0.5) is 0 Å². The highest BCUT2D eigenvalue weighted by molar-refractivity contribution is 9.10. The van der Waals surface area contributed by atoms with E-state index in [9.17, 15) is 4.79 Å². The van der Waals surface area contributed by atoms with Gasteiger partial charge >= 0.3 is 0 Å². The van der Waals surface area contributed by atoms with Crippen molar-refractivity contribution in [1.29, 1.82) is 0 Å². The van der Waals surface area contributed by atoms with Crippen molar-refractivity contribution in [2.45, 2.75) is 6.61 Å². The number of halogens is 3. The van der Waals surface area contributed by atoms with Crippen LogP contribution >= 0.6 is 39.1 Å². The fourth-order valence-corrected chi connectivity index (χ4v) is 3.50. The molecule has 0 amide bonds. The Morgan fingerprint density at radius 1 is 0.964 bits per heavy atom. The maximum absolute atomic E-state index is 13.2. The first-order valence-corrected chi connectivity index (χ1v) is 9.96. The van der Waals surface area contributed by atoms with Crippen LogP contribution in [-0.2, 0) is 6.61 Å². The maximum Gasteiger partial charge on any atom is 0.235 e. The molecular formula is C22H13BrCl2O3. The summed E-state index contributed by atoms with van der Waals surface area (Å²) in [6.07, 6.45) is 0. The zero-order chi connectivity index (χ0) is 19.7. The van der Waals surface area contributed by atoms with Crippen LogP contribution in [0.1, 0.15) is 5.56 Å². The summed E-state index contributed by atoms with van der Waals surface area (Å²) in [4.78, 5) is 13.2. The van der Waals surface area contributed by atoms with Gasteiger partial charge in [0.2, 0.25) is 11.2 Å². The summed E-state index contributed by atoms with van der Waals surface area (Å²) in [5, 5.41) is 1.27. The van der Waals surface area contributed by atoms with Crippen LogP contribution in [-0.4, -0.2) is 0 Å². The van der Waals surface area contributed by atoms with Gasteiger partial charge in [0.1, 0.15) is 12.2 Å². The second-order valence-electron chi connectivity index (χ2n) is 6.12. The summed E-state index contributed by atoms with van der Waals surface area (Å²) in [7, 11) is 0. The molecule has 1 aromatic heterocycles. The second-order valence-corrected chi connectivity index (χ2v) is 7.88. The van der Waals surface area contributed by atoms with E-state index in [1.165, 1.54) is 0 Å². The van der Waals surface area contributed by atoms with Crippen LogP contribution in [0, 0.1) is 0 Å². The molecule has 0 saturated carbocycles. The largest absolute Gasteiger partial charge is 0.481 e. The molecule has 28 heavy (non-hydrogen) atoms. The van der Waals surface area contributed by atoms with Crippen LogP contribution in [0.5, 0.6) is 5.75 Å². The number of hydrogen-bond acceptors (Lipinski definition) is 3. The van der Waals surface area contributed by atoms with Crippen LogP contribution in [0.25, 0.3) is 22.3 Å². The van der Waals surface area contributed by atoms with Crippen molar-refractivity contribution in [2.24, 2.45) is 0 Å². The molecule has 1 heterocycles. The first-order chi connectivity index (χ1) is 13.5. The van der Waals surface area contributed by atoms with Gasteiger partial charge in [-0.2, -0.15) is 0 Å². The van der Waals surface area contributed by atoms with E-state index in [1.807, 2.05) is 36.4 Å². The van der Waals surface area contributed by atoms with E-state index in [0.717, 1.165) is 10.0 Å². The van der Waals surface area contributed by atoms with Gasteiger partial charge in [-0.25, -0.2) is 0 Å². The van der Waals surface area contributed by atoms with Gasteiger partial charge in [0, 0.05) is 15.1 Å². The minimum Gasteiger partial charge on any atom is -0.481 e. The first kappa shape index (κ1) is 19.1. The highest BCUT2D eigenvalue weighted by Gasteiger charge is 2.20. The fourth-order valence-electron chi connectivity index (χ4n) is 2.84. The quantitative estimate of drug-likeness (QED) is 0.315. The predicted molar refractivity (Wildman–Crippen MR) is 116 cm³/mol. The summed E-state index contributed by atoms with van der Waals surface area (Å²) < 4.78 is 12.9. The van der Waals surface area contributed by atoms with E-state index >= 15 is 0 Å². The number of fused-ring (bicyclic) bond motifs is 1. The van der Waals surface area contributed by atoms with Gasteiger partial charge in [-0.1, -0.05) is 63.4 Å². The summed E-state index contributed by atoms with van der Waals surface area (Å²) >= 11 is 15.8. The lowest BCUT2D eigenvalue weighted by Gasteiger charge is -2.13. The molecule has 3 aromatic carbocycles. The molecule has 0 aliphatic rings. The highest BCUT2D eigenvalue weighted by Crippen LogP contribution is 2.36. The lowest BCUT2D eigenvalue weighted by atomic mass is 10.1.